The van der Waals surface area contributed by atoms with E-state index in [4.69, 9.17) is 4.74 Å². The summed E-state index contributed by atoms with van der Waals surface area (Å²) >= 11 is 0. The van der Waals surface area contributed by atoms with Crippen LogP contribution in [0.2, 0.25) is 0 Å². The van der Waals surface area contributed by atoms with Gasteiger partial charge in [0.15, 0.2) is 12.0 Å². The van der Waals surface area contributed by atoms with Gasteiger partial charge in [-0.2, -0.15) is 0 Å². The molecule has 7 heteroatoms. The van der Waals surface area contributed by atoms with Crippen LogP contribution < -0.4 is 5.56 Å². The number of rotatable bonds is 4. The van der Waals surface area contributed by atoms with Crippen LogP contribution in [-0.4, -0.2) is 45.9 Å². The summed E-state index contributed by atoms with van der Waals surface area (Å²) in [4.78, 5) is 27.2. The minimum atomic E-state index is -0.709. The van der Waals surface area contributed by atoms with Gasteiger partial charge in [0.25, 0.3) is 5.56 Å². The lowest BCUT2D eigenvalue weighted by Gasteiger charge is -2.36. The first-order valence-electron chi connectivity index (χ1n) is 6.57. The predicted molar refractivity (Wildman–Crippen MR) is 70.0 cm³/mol. The second-order valence-electron chi connectivity index (χ2n) is 4.89. The number of aliphatic hydroxyl groups is 1. The van der Waals surface area contributed by atoms with Crippen molar-refractivity contribution in [1.82, 2.24) is 9.55 Å². The van der Waals surface area contributed by atoms with Gasteiger partial charge in [-0.25, -0.2) is 4.98 Å². The van der Waals surface area contributed by atoms with Gasteiger partial charge in [0.2, 0.25) is 5.75 Å². The van der Waals surface area contributed by atoms with E-state index in [-0.39, 0.29) is 12.3 Å². The molecule has 2 N–H and O–H groups in total. The standard InChI is InChI=1S/C13H18N2O5/c1-2-15-11(19)10(18)9(7-16)14-12(15)13(8-17)3-5-20-6-4-13/h7,17-18H,2-6,8H2,1H3. The van der Waals surface area contributed by atoms with Crippen molar-refractivity contribution in [1.29, 1.82) is 0 Å². The zero-order valence-electron chi connectivity index (χ0n) is 11.3. The number of carbonyl (C=O) groups is 1. The highest BCUT2D eigenvalue weighted by atomic mass is 16.5. The topological polar surface area (TPSA) is 102 Å². The van der Waals surface area contributed by atoms with E-state index in [2.05, 4.69) is 4.98 Å². The maximum absolute atomic E-state index is 12.1. The van der Waals surface area contributed by atoms with E-state index < -0.39 is 16.7 Å². The molecule has 0 saturated carbocycles. The van der Waals surface area contributed by atoms with Crippen molar-refractivity contribution in [2.75, 3.05) is 19.8 Å². The third-order valence-corrected chi connectivity index (χ3v) is 3.83. The minimum absolute atomic E-state index is 0.189. The second-order valence-corrected chi connectivity index (χ2v) is 4.89. The average Bonchev–Trinajstić information content (AvgIpc) is 2.50. The Kier molecular flexibility index (Phi) is 4.20. The van der Waals surface area contributed by atoms with Gasteiger partial charge in [-0.3, -0.25) is 14.2 Å². The van der Waals surface area contributed by atoms with Gasteiger partial charge in [0, 0.05) is 19.8 Å². The van der Waals surface area contributed by atoms with Crippen molar-refractivity contribution < 1.29 is 19.7 Å². The summed E-state index contributed by atoms with van der Waals surface area (Å²) in [6.45, 7) is 2.77. The Hall–Kier alpha value is -1.73. The zero-order chi connectivity index (χ0) is 14.8. The summed E-state index contributed by atoms with van der Waals surface area (Å²) in [6.07, 6.45) is 1.38. The first kappa shape index (κ1) is 14.7. The number of aromatic hydroxyl groups is 1. The molecule has 0 amide bonds. The molecule has 0 aromatic carbocycles. The molecule has 20 heavy (non-hydrogen) atoms. The van der Waals surface area contributed by atoms with Gasteiger partial charge in [0.05, 0.1) is 12.0 Å². The van der Waals surface area contributed by atoms with Crippen molar-refractivity contribution in [2.45, 2.75) is 31.7 Å². The fraction of sp³-hybridized carbons (Fsp3) is 0.615. The van der Waals surface area contributed by atoms with E-state index >= 15 is 0 Å². The summed E-state index contributed by atoms with van der Waals surface area (Å²) in [7, 11) is 0. The van der Waals surface area contributed by atoms with Crippen LogP contribution in [0.5, 0.6) is 5.75 Å². The van der Waals surface area contributed by atoms with Crippen LogP contribution in [0.25, 0.3) is 0 Å². The molecule has 1 fully saturated rings. The Bertz CT molecular complexity index is 561. The van der Waals surface area contributed by atoms with Crippen molar-refractivity contribution in [3.05, 3.63) is 21.9 Å². The Labute approximate surface area is 115 Å². The zero-order valence-corrected chi connectivity index (χ0v) is 11.3. The maximum atomic E-state index is 12.1. The van der Waals surface area contributed by atoms with Crippen LogP contribution >= 0.6 is 0 Å². The molecule has 1 saturated heterocycles. The Morgan fingerprint density at radius 3 is 2.60 bits per heavy atom. The molecule has 2 heterocycles. The first-order chi connectivity index (χ1) is 9.59. The smallest absolute Gasteiger partial charge is 0.296 e. The molecular formula is C13H18N2O5. The van der Waals surface area contributed by atoms with E-state index in [1.807, 2.05) is 0 Å². The molecule has 0 unspecified atom stereocenters. The Morgan fingerprint density at radius 2 is 2.10 bits per heavy atom. The molecular weight excluding hydrogens is 264 g/mol. The lowest BCUT2D eigenvalue weighted by molar-refractivity contribution is 0.0194. The van der Waals surface area contributed by atoms with E-state index in [1.165, 1.54) is 4.57 Å². The summed E-state index contributed by atoms with van der Waals surface area (Å²) < 4.78 is 6.60. The van der Waals surface area contributed by atoms with Crippen molar-refractivity contribution in [3.8, 4) is 5.75 Å². The van der Waals surface area contributed by atoms with E-state index in [0.29, 0.717) is 44.7 Å². The lowest BCUT2D eigenvalue weighted by Crippen LogP contribution is -2.43. The Balaban J connectivity index is 2.68. The number of aldehydes is 1. The molecule has 0 radical (unpaired) electrons. The van der Waals surface area contributed by atoms with Crippen LogP contribution in [-0.2, 0) is 16.7 Å². The second kappa shape index (κ2) is 5.72. The number of aromatic nitrogens is 2. The van der Waals surface area contributed by atoms with Crippen LogP contribution in [0.15, 0.2) is 4.79 Å². The summed E-state index contributed by atoms with van der Waals surface area (Å²) in [5.74, 6) is -0.304. The summed E-state index contributed by atoms with van der Waals surface area (Å²) in [6, 6.07) is 0. The highest BCUT2D eigenvalue weighted by molar-refractivity contribution is 5.75. The van der Waals surface area contributed by atoms with Gasteiger partial charge >= 0.3 is 0 Å². The van der Waals surface area contributed by atoms with Gasteiger partial charge in [-0.15, -0.1) is 0 Å². The van der Waals surface area contributed by atoms with Gasteiger partial charge in [-0.05, 0) is 19.8 Å². The highest BCUT2D eigenvalue weighted by Gasteiger charge is 2.38. The predicted octanol–water partition coefficient (Wildman–Crippen LogP) is -0.178. The number of hydrogen-bond donors (Lipinski definition) is 2. The highest BCUT2D eigenvalue weighted by Crippen LogP contribution is 2.33. The summed E-state index contributed by atoms with van der Waals surface area (Å²) in [5.41, 5.74) is -1.65. The number of carbonyl (C=O) groups excluding carboxylic acids is 1. The number of hydrogen-bond acceptors (Lipinski definition) is 6. The summed E-state index contributed by atoms with van der Waals surface area (Å²) in [5, 5.41) is 19.5. The molecule has 1 aliphatic heterocycles. The number of aliphatic hydroxyl groups excluding tert-OH is 1. The third-order valence-electron chi connectivity index (χ3n) is 3.83. The largest absolute Gasteiger partial charge is 0.501 e. The first-order valence-corrected chi connectivity index (χ1v) is 6.57. The monoisotopic (exact) mass is 282 g/mol. The van der Waals surface area contributed by atoms with E-state index in [9.17, 15) is 19.8 Å². The molecule has 110 valence electrons. The molecule has 0 aliphatic carbocycles. The molecule has 0 bridgehead atoms. The normalized spacial score (nSPS) is 17.9. The number of nitrogens with zero attached hydrogens (tertiary/aromatic N) is 2. The van der Waals surface area contributed by atoms with Crippen LogP contribution in [0.4, 0.5) is 0 Å². The fourth-order valence-electron chi connectivity index (χ4n) is 2.56. The van der Waals surface area contributed by atoms with Crippen molar-refractivity contribution >= 4 is 6.29 Å². The van der Waals surface area contributed by atoms with Crippen LogP contribution in [0, 0.1) is 0 Å². The van der Waals surface area contributed by atoms with Gasteiger partial charge < -0.3 is 14.9 Å². The molecule has 2 rings (SSSR count). The molecule has 7 nitrogen and oxygen atoms in total. The molecule has 1 aromatic heterocycles. The average molecular weight is 282 g/mol. The lowest BCUT2D eigenvalue weighted by atomic mass is 9.79. The van der Waals surface area contributed by atoms with E-state index in [0.717, 1.165) is 0 Å². The Morgan fingerprint density at radius 1 is 1.45 bits per heavy atom. The minimum Gasteiger partial charge on any atom is -0.501 e. The number of ether oxygens (including phenoxy) is 1. The quantitative estimate of drug-likeness (QED) is 0.743. The third kappa shape index (κ3) is 2.23. The van der Waals surface area contributed by atoms with Crippen LogP contribution in [0.3, 0.4) is 0 Å². The van der Waals surface area contributed by atoms with Crippen molar-refractivity contribution in [3.63, 3.8) is 0 Å². The molecule has 0 spiro atoms. The maximum Gasteiger partial charge on any atom is 0.296 e. The SMILES string of the molecule is CCn1c(C2(CO)CCOCC2)nc(C=O)c(O)c1=O. The molecule has 1 aliphatic rings. The van der Waals surface area contributed by atoms with Crippen molar-refractivity contribution in [2.24, 2.45) is 0 Å². The van der Waals surface area contributed by atoms with E-state index in [1.54, 1.807) is 6.92 Å². The molecule has 1 aromatic rings. The molecule has 0 atom stereocenters. The van der Waals surface area contributed by atoms with Crippen LogP contribution in [0.1, 0.15) is 36.1 Å². The van der Waals surface area contributed by atoms with Gasteiger partial charge in [-0.1, -0.05) is 0 Å². The van der Waals surface area contributed by atoms with Gasteiger partial charge in [0.1, 0.15) is 5.82 Å². The fourth-order valence-corrected chi connectivity index (χ4v) is 2.56.